The number of benzene rings is 3. The van der Waals surface area contributed by atoms with Crippen LogP contribution >= 0.6 is 39.1 Å². The Morgan fingerprint density at radius 3 is 2.39 bits per heavy atom. The number of imidazole rings is 1. The summed E-state index contributed by atoms with van der Waals surface area (Å²) >= 11 is 15.9. The summed E-state index contributed by atoms with van der Waals surface area (Å²) in [6.45, 7) is 1.12. The van der Waals surface area contributed by atoms with Gasteiger partial charge < -0.3 is 4.98 Å². The quantitative estimate of drug-likeness (QED) is 0.241. The Labute approximate surface area is 269 Å². The highest BCUT2D eigenvalue weighted by atomic mass is 79.9. The van der Waals surface area contributed by atoms with E-state index in [0.29, 0.717) is 16.6 Å². The van der Waals surface area contributed by atoms with Gasteiger partial charge in [-0.05, 0) is 55.0 Å². The van der Waals surface area contributed by atoms with Crippen LogP contribution in [0.4, 0.5) is 11.6 Å². The Morgan fingerprint density at radius 2 is 1.68 bits per heavy atom. The third-order valence-electron chi connectivity index (χ3n) is 7.43. The predicted molar refractivity (Wildman–Crippen MR) is 171 cm³/mol. The normalized spacial score (nSPS) is 16.5. The van der Waals surface area contributed by atoms with Crippen molar-refractivity contribution in [2.75, 3.05) is 11.4 Å². The number of carbonyl (C=O) groups is 1. The second-order valence-corrected chi connectivity index (χ2v) is 13.9. The van der Waals surface area contributed by atoms with Crippen LogP contribution in [0.1, 0.15) is 12.5 Å². The fourth-order valence-corrected chi connectivity index (χ4v) is 7.39. The van der Waals surface area contributed by atoms with Crippen LogP contribution in [0.15, 0.2) is 92.0 Å². The molecule has 3 aromatic carbocycles. The molecule has 0 aliphatic carbocycles. The Morgan fingerprint density at radius 1 is 1.00 bits per heavy atom. The molecule has 44 heavy (non-hydrogen) atoms. The number of amides is 1. The SMILES string of the molecule is C[C@@]1(Cc2ccc(Br)cc2)C(=O)N(c2cc(Cl)cc(Cl)c2)c2ncc(S(=O)(=O)NCCn3c(=O)[nH]c4ccccc4c3=O)n21. The van der Waals surface area contributed by atoms with Gasteiger partial charge in [0.25, 0.3) is 21.5 Å². The van der Waals surface area contributed by atoms with Crippen LogP contribution < -0.4 is 20.9 Å². The van der Waals surface area contributed by atoms with E-state index in [1.165, 1.54) is 15.5 Å². The van der Waals surface area contributed by atoms with E-state index < -0.39 is 32.7 Å². The van der Waals surface area contributed by atoms with E-state index in [4.69, 9.17) is 23.2 Å². The summed E-state index contributed by atoms with van der Waals surface area (Å²) in [5, 5.41) is 0.601. The van der Waals surface area contributed by atoms with Crippen molar-refractivity contribution in [2.45, 2.75) is 30.5 Å². The number of anilines is 2. The molecule has 2 N–H and O–H groups in total. The van der Waals surface area contributed by atoms with Crippen LogP contribution in [0.3, 0.4) is 0 Å². The number of sulfonamides is 1. The summed E-state index contributed by atoms with van der Waals surface area (Å²) < 4.78 is 33.1. The number of halogens is 3. The molecule has 2 aromatic heterocycles. The first kappa shape index (κ1) is 30.3. The minimum absolute atomic E-state index is 0.0653. The van der Waals surface area contributed by atoms with Gasteiger partial charge in [-0.15, -0.1) is 0 Å². The summed E-state index contributed by atoms with van der Waals surface area (Å²) in [4.78, 5) is 47.9. The summed E-state index contributed by atoms with van der Waals surface area (Å²) in [6, 6.07) is 18.5. The number of fused-ring (bicyclic) bond motifs is 2. The van der Waals surface area contributed by atoms with E-state index >= 15 is 0 Å². The Hall–Kier alpha value is -3.75. The molecule has 0 unspecified atom stereocenters. The van der Waals surface area contributed by atoms with Crippen molar-refractivity contribution in [3.05, 3.63) is 114 Å². The van der Waals surface area contributed by atoms with Gasteiger partial charge in [0.2, 0.25) is 5.95 Å². The smallest absolute Gasteiger partial charge is 0.307 e. The molecule has 0 spiro atoms. The largest absolute Gasteiger partial charge is 0.328 e. The van der Waals surface area contributed by atoms with E-state index in [1.807, 2.05) is 24.3 Å². The number of carbonyl (C=O) groups excluding carboxylic acids is 1. The van der Waals surface area contributed by atoms with Gasteiger partial charge in [-0.3, -0.25) is 18.7 Å². The number of nitrogens with zero attached hydrogens (tertiary/aromatic N) is 4. The number of hydrogen-bond acceptors (Lipinski definition) is 6. The highest BCUT2D eigenvalue weighted by Gasteiger charge is 2.51. The average Bonchev–Trinajstić information content (AvgIpc) is 3.49. The summed E-state index contributed by atoms with van der Waals surface area (Å²) in [5.41, 5.74) is -1.15. The molecule has 1 amide bonds. The van der Waals surface area contributed by atoms with E-state index in [1.54, 1.807) is 43.3 Å². The standard InChI is InChI=1S/C29H23BrCl2N6O5S/c1-29(15-17-6-8-18(30)9-7-17)26(40)37(21-13-19(31)12-20(32)14-21)27-33-16-24(38(27)29)44(42,43)34-10-11-36-25(39)22-4-2-3-5-23(22)35-28(36)41/h2-9,12-14,16,34H,10-11,15H2,1H3,(H,35,41)/t29-/m1/s1. The number of nitrogens with one attached hydrogen (secondary N) is 2. The summed E-state index contributed by atoms with van der Waals surface area (Å²) in [5.74, 6) is -0.372. The number of para-hydroxylation sites is 1. The van der Waals surface area contributed by atoms with Crippen LogP contribution in [0, 0.1) is 0 Å². The van der Waals surface area contributed by atoms with Crippen molar-refractivity contribution in [2.24, 2.45) is 0 Å². The third-order valence-corrected chi connectivity index (χ3v) is 9.82. The van der Waals surface area contributed by atoms with Crippen molar-refractivity contribution in [1.82, 2.24) is 23.8 Å². The van der Waals surface area contributed by atoms with Crippen LogP contribution in [-0.4, -0.2) is 40.0 Å². The Balaban J connectivity index is 1.38. The fourth-order valence-electron chi connectivity index (χ4n) is 5.39. The molecule has 0 bridgehead atoms. The predicted octanol–water partition coefficient (Wildman–Crippen LogP) is 4.57. The second kappa shape index (κ2) is 11.3. The lowest BCUT2D eigenvalue weighted by molar-refractivity contribution is -0.124. The van der Waals surface area contributed by atoms with Gasteiger partial charge in [-0.1, -0.05) is 63.4 Å². The zero-order valence-corrected chi connectivity index (χ0v) is 26.8. The molecule has 11 nitrogen and oxygen atoms in total. The van der Waals surface area contributed by atoms with E-state index in [9.17, 15) is 22.8 Å². The number of H-pyrrole nitrogens is 1. The number of hydrogen-bond donors (Lipinski definition) is 2. The molecule has 0 radical (unpaired) electrons. The maximum absolute atomic E-state index is 14.2. The molecule has 5 aromatic rings. The van der Waals surface area contributed by atoms with Crippen molar-refractivity contribution in [3.8, 4) is 0 Å². The van der Waals surface area contributed by atoms with Crippen LogP contribution in [0.5, 0.6) is 0 Å². The molecule has 3 heterocycles. The van der Waals surface area contributed by atoms with E-state index in [0.717, 1.165) is 20.8 Å². The Kier molecular flexibility index (Phi) is 7.79. The molecular formula is C29H23BrCl2N6O5S. The van der Waals surface area contributed by atoms with Crippen LogP contribution in [0.2, 0.25) is 10.0 Å². The average molecular weight is 718 g/mol. The Bertz CT molecular complexity index is 2160. The fraction of sp³-hybridized carbons (Fsp3) is 0.172. The number of aromatic nitrogens is 4. The van der Waals surface area contributed by atoms with Crippen LogP contribution in [-0.2, 0) is 33.3 Å². The second-order valence-electron chi connectivity index (χ2n) is 10.4. The molecule has 1 aliphatic rings. The summed E-state index contributed by atoms with van der Waals surface area (Å²) in [6.07, 6.45) is 1.30. The number of rotatable bonds is 8. The van der Waals surface area contributed by atoms with Crippen molar-refractivity contribution in [1.29, 1.82) is 0 Å². The van der Waals surface area contributed by atoms with Gasteiger partial charge in [0.15, 0.2) is 5.03 Å². The third kappa shape index (κ3) is 5.28. The molecule has 0 saturated carbocycles. The van der Waals surface area contributed by atoms with Gasteiger partial charge in [-0.2, -0.15) is 0 Å². The molecule has 6 rings (SSSR count). The zero-order chi connectivity index (χ0) is 31.4. The minimum Gasteiger partial charge on any atom is -0.307 e. The molecule has 226 valence electrons. The van der Waals surface area contributed by atoms with E-state index in [2.05, 4.69) is 30.6 Å². The van der Waals surface area contributed by atoms with Crippen molar-refractivity contribution in [3.63, 3.8) is 0 Å². The van der Waals surface area contributed by atoms with Gasteiger partial charge in [0, 0.05) is 34.0 Å². The highest BCUT2D eigenvalue weighted by molar-refractivity contribution is 9.10. The van der Waals surface area contributed by atoms with Gasteiger partial charge >= 0.3 is 5.69 Å². The van der Waals surface area contributed by atoms with Crippen molar-refractivity contribution < 1.29 is 13.2 Å². The van der Waals surface area contributed by atoms with Gasteiger partial charge in [0.05, 0.1) is 22.8 Å². The monoisotopic (exact) mass is 716 g/mol. The first-order valence-electron chi connectivity index (χ1n) is 13.2. The lowest BCUT2D eigenvalue weighted by Gasteiger charge is -2.26. The molecule has 1 aliphatic heterocycles. The molecule has 0 fully saturated rings. The van der Waals surface area contributed by atoms with Gasteiger partial charge in [-0.25, -0.2) is 27.8 Å². The van der Waals surface area contributed by atoms with Crippen LogP contribution in [0.25, 0.3) is 10.9 Å². The topological polar surface area (TPSA) is 139 Å². The zero-order valence-electron chi connectivity index (χ0n) is 22.9. The summed E-state index contributed by atoms with van der Waals surface area (Å²) in [7, 11) is -4.31. The van der Waals surface area contributed by atoms with Gasteiger partial charge in [0.1, 0.15) is 5.54 Å². The van der Waals surface area contributed by atoms with Crippen molar-refractivity contribution >= 4 is 77.6 Å². The molecule has 1 atom stereocenters. The first-order chi connectivity index (χ1) is 20.9. The maximum Gasteiger partial charge on any atom is 0.328 e. The molecule has 15 heteroatoms. The van der Waals surface area contributed by atoms with E-state index in [-0.39, 0.29) is 40.5 Å². The highest BCUT2D eigenvalue weighted by Crippen LogP contribution is 2.44. The minimum atomic E-state index is -4.31. The number of aromatic amines is 1. The lowest BCUT2D eigenvalue weighted by Crippen LogP contribution is -2.43. The maximum atomic E-state index is 14.2. The first-order valence-corrected chi connectivity index (χ1v) is 16.3. The lowest BCUT2D eigenvalue weighted by atomic mass is 9.92. The molecule has 0 saturated heterocycles. The molecular weight excluding hydrogens is 695 g/mol.